The molecular weight excluding hydrogens is 308 g/mol. The van der Waals surface area contributed by atoms with Gasteiger partial charge in [-0.1, -0.05) is 30.3 Å². The number of nitrogens with zero attached hydrogens (tertiary/aromatic N) is 1. The molecule has 0 spiro atoms. The first-order valence-electron chi connectivity index (χ1n) is 7.00. The minimum atomic E-state index is -3.69. The summed E-state index contributed by atoms with van der Waals surface area (Å²) >= 11 is 0. The number of morpholine rings is 1. The fourth-order valence-electron chi connectivity index (χ4n) is 2.20. The quantitative estimate of drug-likeness (QED) is 0.767. The minimum Gasteiger partial charge on any atom is -0.469 e. The van der Waals surface area contributed by atoms with Crippen LogP contribution in [0.5, 0.6) is 0 Å². The molecule has 0 aromatic heterocycles. The van der Waals surface area contributed by atoms with Crippen LogP contribution in [0.25, 0.3) is 0 Å². The van der Waals surface area contributed by atoms with E-state index in [2.05, 4.69) is 9.46 Å². The van der Waals surface area contributed by atoms with Crippen LogP contribution >= 0.6 is 0 Å². The summed E-state index contributed by atoms with van der Waals surface area (Å²) in [5.41, 5.74) is 0.713. The number of hydrogen-bond donors (Lipinski definition) is 1. The van der Waals surface area contributed by atoms with E-state index in [9.17, 15) is 13.2 Å². The molecule has 7 nitrogen and oxygen atoms in total. The standard InChI is InChI=1S/C14H20N2O5S/c1-20-14(17)11-13(12-5-3-2-4-6-12)15-22(18,19)16-7-9-21-10-8-16/h2-6,13,15H,7-11H2,1H3/t13-/m0/s1. The SMILES string of the molecule is COC(=O)C[C@H](NS(=O)(=O)N1CCOCC1)c1ccccc1. The number of benzene rings is 1. The van der Waals surface area contributed by atoms with Gasteiger partial charge in [0.25, 0.3) is 10.2 Å². The summed E-state index contributed by atoms with van der Waals surface area (Å²) in [6, 6.07) is 8.30. The van der Waals surface area contributed by atoms with E-state index in [0.29, 0.717) is 31.9 Å². The molecule has 1 N–H and O–H groups in total. The van der Waals surface area contributed by atoms with Gasteiger partial charge in [0.1, 0.15) is 0 Å². The molecular formula is C14H20N2O5S. The molecule has 1 aromatic carbocycles. The molecule has 0 unspecified atom stereocenters. The topological polar surface area (TPSA) is 84.9 Å². The zero-order chi connectivity index (χ0) is 16.0. The number of rotatable bonds is 6. The number of hydrogen-bond acceptors (Lipinski definition) is 5. The van der Waals surface area contributed by atoms with Gasteiger partial charge in [0.15, 0.2) is 0 Å². The molecule has 0 saturated carbocycles. The first-order chi connectivity index (χ1) is 10.5. The van der Waals surface area contributed by atoms with Crippen LogP contribution in [-0.2, 0) is 24.5 Å². The van der Waals surface area contributed by atoms with Gasteiger partial charge in [0, 0.05) is 13.1 Å². The van der Waals surface area contributed by atoms with Crippen molar-refractivity contribution >= 4 is 16.2 Å². The lowest BCUT2D eigenvalue weighted by Gasteiger charge is -2.28. The summed E-state index contributed by atoms with van der Waals surface area (Å²) in [6.45, 7) is 1.34. The van der Waals surface area contributed by atoms with Crippen molar-refractivity contribution in [2.75, 3.05) is 33.4 Å². The molecule has 0 aliphatic carbocycles. The van der Waals surface area contributed by atoms with E-state index in [-0.39, 0.29) is 6.42 Å². The van der Waals surface area contributed by atoms with Crippen LogP contribution in [0, 0.1) is 0 Å². The van der Waals surface area contributed by atoms with E-state index < -0.39 is 22.2 Å². The third kappa shape index (κ3) is 4.51. The van der Waals surface area contributed by atoms with Gasteiger partial charge in [-0.25, -0.2) is 0 Å². The summed E-state index contributed by atoms with van der Waals surface area (Å²) in [6.07, 6.45) is -0.0654. The second-order valence-electron chi connectivity index (χ2n) is 4.88. The van der Waals surface area contributed by atoms with Crippen molar-refractivity contribution in [1.29, 1.82) is 0 Å². The van der Waals surface area contributed by atoms with Crippen LogP contribution in [0.15, 0.2) is 30.3 Å². The molecule has 2 rings (SSSR count). The van der Waals surface area contributed by atoms with Crippen molar-refractivity contribution in [3.63, 3.8) is 0 Å². The lowest BCUT2D eigenvalue weighted by Crippen LogP contribution is -2.47. The highest BCUT2D eigenvalue weighted by molar-refractivity contribution is 7.87. The zero-order valence-corrected chi connectivity index (χ0v) is 13.2. The Morgan fingerprint density at radius 1 is 1.32 bits per heavy atom. The summed E-state index contributed by atoms with van der Waals surface area (Å²) < 4.78 is 38.6. The number of nitrogens with one attached hydrogen (secondary N) is 1. The second kappa shape index (κ2) is 7.68. The molecule has 1 aliphatic heterocycles. The molecule has 1 heterocycles. The second-order valence-corrected chi connectivity index (χ2v) is 6.58. The molecule has 0 radical (unpaired) electrons. The summed E-state index contributed by atoms with van der Waals surface area (Å²) in [5.74, 6) is -0.474. The third-order valence-corrected chi connectivity index (χ3v) is 5.03. The van der Waals surface area contributed by atoms with Crippen LogP contribution in [0.3, 0.4) is 0 Å². The molecule has 122 valence electrons. The monoisotopic (exact) mass is 328 g/mol. The molecule has 0 bridgehead atoms. The smallest absolute Gasteiger partial charge is 0.307 e. The van der Waals surface area contributed by atoms with E-state index in [4.69, 9.17) is 4.74 Å². The van der Waals surface area contributed by atoms with Crippen LogP contribution in [0.1, 0.15) is 18.0 Å². The van der Waals surface area contributed by atoms with E-state index in [1.165, 1.54) is 11.4 Å². The maximum Gasteiger partial charge on any atom is 0.307 e. The van der Waals surface area contributed by atoms with Gasteiger partial charge < -0.3 is 9.47 Å². The first-order valence-corrected chi connectivity index (χ1v) is 8.44. The Hall–Kier alpha value is -1.48. The number of carbonyl (C=O) groups excluding carboxylic acids is 1. The normalized spacial score (nSPS) is 17.9. The summed E-state index contributed by atoms with van der Waals surface area (Å²) in [4.78, 5) is 11.6. The van der Waals surface area contributed by atoms with Crippen molar-refractivity contribution < 1.29 is 22.7 Å². The van der Waals surface area contributed by atoms with Crippen molar-refractivity contribution in [3.05, 3.63) is 35.9 Å². The Kier molecular flexibility index (Phi) is 5.90. The maximum absolute atomic E-state index is 12.4. The third-order valence-electron chi connectivity index (χ3n) is 3.40. The van der Waals surface area contributed by atoms with E-state index in [1.54, 1.807) is 24.3 Å². The number of methoxy groups -OCH3 is 1. The Labute approximate surface area is 130 Å². The van der Waals surface area contributed by atoms with E-state index in [0.717, 1.165) is 0 Å². The van der Waals surface area contributed by atoms with Crippen LogP contribution in [-0.4, -0.2) is 52.1 Å². The Balaban J connectivity index is 2.16. The predicted molar refractivity (Wildman–Crippen MR) is 80.3 cm³/mol. The predicted octanol–water partition coefficient (Wildman–Crippen LogP) is 0.457. The molecule has 8 heteroatoms. The molecule has 1 aliphatic rings. The van der Waals surface area contributed by atoms with Gasteiger partial charge in [-0.05, 0) is 5.56 Å². The lowest BCUT2D eigenvalue weighted by atomic mass is 10.1. The van der Waals surface area contributed by atoms with Gasteiger partial charge in [-0.15, -0.1) is 0 Å². The van der Waals surface area contributed by atoms with Crippen LogP contribution in [0.2, 0.25) is 0 Å². The van der Waals surface area contributed by atoms with E-state index >= 15 is 0 Å². The Morgan fingerprint density at radius 2 is 1.95 bits per heavy atom. The largest absolute Gasteiger partial charge is 0.469 e. The van der Waals surface area contributed by atoms with Crippen molar-refractivity contribution in [3.8, 4) is 0 Å². The molecule has 1 atom stereocenters. The average molecular weight is 328 g/mol. The summed E-state index contributed by atoms with van der Waals surface area (Å²) in [5, 5.41) is 0. The van der Waals surface area contributed by atoms with Crippen molar-refractivity contribution in [2.24, 2.45) is 0 Å². The maximum atomic E-state index is 12.4. The number of carbonyl (C=O) groups is 1. The number of ether oxygens (including phenoxy) is 2. The lowest BCUT2D eigenvalue weighted by molar-refractivity contribution is -0.141. The highest BCUT2D eigenvalue weighted by atomic mass is 32.2. The fourth-order valence-corrected chi connectivity index (χ4v) is 3.56. The molecule has 1 fully saturated rings. The molecule has 1 aromatic rings. The molecule has 0 amide bonds. The minimum absolute atomic E-state index is 0.0654. The van der Waals surface area contributed by atoms with Gasteiger partial charge >= 0.3 is 5.97 Å². The van der Waals surface area contributed by atoms with Crippen molar-refractivity contribution in [2.45, 2.75) is 12.5 Å². The van der Waals surface area contributed by atoms with Gasteiger partial charge in [0.2, 0.25) is 0 Å². The van der Waals surface area contributed by atoms with Gasteiger partial charge in [0.05, 0.1) is 32.8 Å². The Bertz CT molecular complexity index is 585. The van der Waals surface area contributed by atoms with Crippen LogP contribution in [0.4, 0.5) is 0 Å². The van der Waals surface area contributed by atoms with Crippen LogP contribution < -0.4 is 4.72 Å². The summed E-state index contributed by atoms with van der Waals surface area (Å²) in [7, 11) is -2.41. The molecule has 22 heavy (non-hydrogen) atoms. The average Bonchev–Trinajstić information content (AvgIpc) is 2.55. The van der Waals surface area contributed by atoms with E-state index in [1.807, 2.05) is 6.07 Å². The first kappa shape index (κ1) is 16.9. The number of esters is 1. The van der Waals surface area contributed by atoms with Gasteiger partial charge in [-0.2, -0.15) is 17.4 Å². The van der Waals surface area contributed by atoms with Crippen molar-refractivity contribution in [1.82, 2.24) is 9.03 Å². The fraction of sp³-hybridized carbons (Fsp3) is 0.500. The zero-order valence-electron chi connectivity index (χ0n) is 12.4. The highest BCUT2D eigenvalue weighted by Crippen LogP contribution is 2.19. The Morgan fingerprint density at radius 3 is 2.55 bits per heavy atom. The highest BCUT2D eigenvalue weighted by Gasteiger charge is 2.28. The van der Waals surface area contributed by atoms with Gasteiger partial charge in [-0.3, -0.25) is 4.79 Å². The molecule has 1 saturated heterocycles.